The van der Waals surface area contributed by atoms with Crippen molar-refractivity contribution in [2.75, 3.05) is 5.33 Å². The minimum Gasteiger partial charge on any atom is -0.481 e. The fourth-order valence-electron chi connectivity index (χ4n) is 1.84. The van der Waals surface area contributed by atoms with Crippen molar-refractivity contribution < 1.29 is 9.90 Å². The zero-order valence-corrected chi connectivity index (χ0v) is 11.0. The first-order valence-corrected chi connectivity index (χ1v) is 6.70. The molecule has 1 aliphatic carbocycles. The Bertz CT molecular complexity index is 475. The molecule has 17 heavy (non-hydrogen) atoms. The van der Waals surface area contributed by atoms with Gasteiger partial charge in [0.2, 0.25) is 0 Å². The topological polar surface area (TPSA) is 37.3 Å². The van der Waals surface area contributed by atoms with E-state index in [2.05, 4.69) is 27.8 Å². The second-order valence-electron chi connectivity index (χ2n) is 4.21. The van der Waals surface area contributed by atoms with Gasteiger partial charge < -0.3 is 5.11 Å². The van der Waals surface area contributed by atoms with Crippen LogP contribution in [0.1, 0.15) is 30.4 Å². The molecule has 0 aliphatic heterocycles. The summed E-state index contributed by atoms with van der Waals surface area (Å²) in [7, 11) is 0. The number of hydrogen-bond donors (Lipinski definition) is 1. The summed E-state index contributed by atoms with van der Waals surface area (Å²) in [4.78, 5) is 11.1. The van der Waals surface area contributed by atoms with Crippen LogP contribution in [-0.4, -0.2) is 16.4 Å². The van der Waals surface area contributed by atoms with Crippen LogP contribution < -0.4 is 0 Å². The smallest absolute Gasteiger partial charge is 0.314 e. The van der Waals surface area contributed by atoms with Gasteiger partial charge in [0.05, 0.1) is 5.41 Å². The molecule has 0 amide bonds. The van der Waals surface area contributed by atoms with Crippen molar-refractivity contribution in [3.63, 3.8) is 0 Å². The zero-order valence-electron chi connectivity index (χ0n) is 9.37. The van der Waals surface area contributed by atoms with Gasteiger partial charge in [-0.25, -0.2) is 0 Å². The fourth-order valence-corrected chi connectivity index (χ4v) is 2.03. The summed E-state index contributed by atoms with van der Waals surface area (Å²) >= 11 is 3.32. The number of halogens is 1. The molecule has 1 fully saturated rings. The summed E-state index contributed by atoms with van der Waals surface area (Å²) in [6, 6.07) is 7.58. The number of alkyl halides is 1. The predicted octanol–water partition coefficient (Wildman–Crippen LogP) is 2.94. The second kappa shape index (κ2) is 4.93. The van der Waals surface area contributed by atoms with Crippen molar-refractivity contribution in [1.29, 1.82) is 0 Å². The third-order valence-electron chi connectivity index (χ3n) is 3.05. The van der Waals surface area contributed by atoms with E-state index in [0.717, 1.165) is 35.7 Å². The van der Waals surface area contributed by atoms with E-state index >= 15 is 0 Å². The van der Waals surface area contributed by atoms with Gasteiger partial charge in [0.15, 0.2) is 0 Å². The van der Waals surface area contributed by atoms with E-state index in [9.17, 15) is 4.79 Å². The lowest BCUT2D eigenvalue weighted by Crippen LogP contribution is -2.19. The van der Waals surface area contributed by atoms with E-state index in [1.54, 1.807) is 0 Å². The van der Waals surface area contributed by atoms with E-state index in [-0.39, 0.29) is 0 Å². The number of benzene rings is 1. The molecule has 0 heterocycles. The van der Waals surface area contributed by atoms with Crippen molar-refractivity contribution in [3.8, 4) is 11.8 Å². The summed E-state index contributed by atoms with van der Waals surface area (Å²) in [6.45, 7) is 0. The van der Waals surface area contributed by atoms with E-state index < -0.39 is 11.4 Å². The molecule has 3 heteroatoms. The van der Waals surface area contributed by atoms with Crippen LogP contribution in [0.15, 0.2) is 24.3 Å². The highest BCUT2D eigenvalue weighted by Gasteiger charge is 2.51. The zero-order chi connectivity index (χ0) is 12.3. The quantitative estimate of drug-likeness (QED) is 0.687. The molecule has 0 atom stereocenters. The minimum absolute atomic E-state index is 0.609. The Balaban J connectivity index is 2.15. The largest absolute Gasteiger partial charge is 0.481 e. The van der Waals surface area contributed by atoms with Gasteiger partial charge >= 0.3 is 5.97 Å². The number of carboxylic acids is 1. The maximum absolute atomic E-state index is 11.1. The van der Waals surface area contributed by atoms with Crippen molar-refractivity contribution >= 4 is 21.9 Å². The Morgan fingerprint density at radius 1 is 1.35 bits per heavy atom. The Labute approximate surface area is 109 Å². The first-order chi connectivity index (χ1) is 8.19. The summed E-state index contributed by atoms with van der Waals surface area (Å²) < 4.78 is 0. The fraction of sp³-hybridized carbons (Fsp3) is 0.357. The molecule has 1 aromatic carbocycles. The molecule has 0 radical (unpaired) electrons. The van der Waals surface area contributed by atoms with Crippen molar-refractivity contribution in [3.05, 3.63) is 35.4 Å². The van der Waals surface area contributed by atoms with Crippen LogP contribution in [0.3, 0.4) is 0 Å². The molecule has 0 bridgehead atoms. The molecular formula is C14H13BrO2. The van der Waals surface area contributed by atoms with Crippen LogP contribution in [0.25, 0.3) is 0 Å². The Morgan fingerprint density at radius 3 is 2.47 bits per heavy atom. The lowest BCUT2D eigenvalue weighted by Gasteiger charge is -2.09. The van der Waals surface area contributed by atoms with Gasteiger partial charge in [0.1, 0.15) is 0 Å². The van der Waals surface area contributed by atoms with E-state index in [0.29, 0.717) is 0 Å². The van der Waals surface area contributed by atoms with E-state index in [4.69, 9.17) is 5.11 Å². The highest BCUT2D eigenvalue weighted by atomic mass is 79.9. The van der Waals surface area contributed by atoms with Crippen LogP contribution in [0, 0.1) is 11.8 Å². The third kappa shape index (κ3) is 2.53. The molecule has 2 nitrogen and oxygen atoms in total. The molecule has 1 aromatic rings. The monoisotopic (exact) mass is 292 g/mol. The molecule has 0 unspecified atom stereocenters. The standard InChI is InChI=1S/C14H13BrO2/c15-10-2-1-3-11-4-6-12(7-5-11)14(8-9-14)13(16)17/h4-7H,2,8-10H2,(H,16,17). The number of carbonyl (C=O) groups is 1. The summed E-state index contributed by atoms with van der Waals surface area (Å²) in [5.74, 6) is 5.37. The van der Waals surface area contributed by atoms with E-state index in [1.807, 2.05) is 24.3 Å². The molecule has 1 aliphatic rings. The van der Waals surface area contributed by atoms with Gasteiger partial charge in [-0.15, -0.1) is 0 Å². The number of hydrogen-bond acceptors (Lipinski definition) is 1. The molecule has 0 spiro atoms. The minimum atomic E-state index is -0.712. The first kappa shape index (κ1) is 12.2. The Hall–Kier alpha value is -1.27. The molecule has 1 N–H and O–H groups in total. The van der Waals surface area contributed by atoms with E-state index in [1.165, 1.54) is 0 Å². The molecule has 1 saturated carbocycles. The molecular weight excluding hydrogens is 280 g/mol. The molecule has 0 saturated heterocycles. The summed E-state index contributed by atoms with van der Waals surface area (Å²) in [5, 5.41) is 10.0. The van der Waals surface area contributed by atoms with Gasteiger partial charge in [-0.05, 0) is 30.5 Å². The Kier molecular flexibility index (Phi) is 3.54. The molecule has 0 aromatic heterocycles. The average molecular weight is 293 g/mol. The highest BCUT2D eigenvalue weighted by Crippen LogP contribution is 2.48. The molecule has 88 valence electrons. The van der Waals surface area contributed by atoms with Crippen LogP contribution in [0.5, 0.6) is 0 Å². The Morgan fingerprint density at radius 2 is 2.00 bits per heavy atom. The van der Waals surface area contributed by atoms with Crippen LogP contribution in [0.2, 0.25) is 0 Å². The maximum Gasteiger partial charge on any atom is 0.314 e. The van der Waals surface area contributed by atoms with Gasteiger partial charge in [-0.3, -0.25) is 4.79 Å². The normalized spacial score (nSPS) is 15.8. The van der Waals surface area contributed by atoms with Crippen LogP contribution >= 0.6 is 15.9 Å². The predicted molar refractivity (Wildman–Crippen MR) is 70.3 cm³/mol. The van der Waals surface area contributed by atoms with Crippen molar-refractivity contribution in [1.82, 2.24) is 0 Å². The maximum atomic E-state index is 11.1. The van der Waals surface area contributed by atoms with Gasteiger partial charge in [0.25, 0.3) is 0 Å². The lowest BCUT2D eigenvalue weighted by atomic mass is 9.95. The number of carboxylic acid groups (broad SMARTS) is 1. The SMILES string of the molecule is O=C(O)C1(c2ccc(C#CCCBr)cc2)CC1. The van der Waals surface area contributed by atoms with Gasteiger partial charge in [-0.2, -0.15) is 0 Å². The number of rotatable bonds is 3. The second-order valence-corrected chi connectivity index (χ2v) is 5.00. The highest BCUT2D eigenvalue weighted by molar-refractivity contribution is 9.09. The van der Waals surface area contributed by atoms with Crippen LogP contribution in [0.4, 0.5) is 0 Å². The molecule has 2 rings (SSSR count). The summed E-state index contributed by atoms with van der Waals surface area (Å²) in [6.07, 6.45) is 2.31. The number of aliphatic carboxylic acids is 1. The van der Waals surface area contributed by atoms with Crippen LogP contribution in [-0.2, 0) is 10.2 Å². The van der Waals surface area contributed by atoms with Gasteiger partial charge in [0, 0.05) is 17.3 Å². The lowest BCUT2D eigenvalue weighted by molar-refractivity contribution is -0.140. The average Bonchev–Trinajstić information content (AvgIpc) is 3.11. The van der Waals surface area contributed by atoms with Gasteiger partial charge in [-0.1, -0.05) is 39.9 Å². The first-order valence-electron chi connectivity index (χ1n) is 5.58. The third-order valence-corrected chi connectivity index (χ3v) is 3.45. The summed E-state index contributed by atoms with van der Waals surface area (Å²) in [5.41, 5.74) is 1.23. The van der Waals surface area contributed by atoms with Crippen molar-refractivity contribution in [2.45, 2.75) is 24.7 Å². The van der Waals surface area contributed by atoms with Crippen molar-refractivity contribution in [2.24, 2.45) is 0 Å².